The van der Waals surface area contributed by atoms with Gasteiger partial charge in [-0.3, -0.25) is 0 Å². The SMILES string of the molecule is Cc1ccc(C(C)Nc2ncccc2S(C)(=O)=O)cc1F. The van der Waals surface area contributed by atoms with E-state index in [2.05, 4.69) is 10.3 Å². The lowest BCUT2D eigenvalue weighted by Gasteiger charge is -2.17. The number of nitrogens with one attached hydrogen (secondary N) is 1. The second-order valence-corrected chi connectivity index (χ2v) is 6.98. The van der Waals surface area contributed by atoms with Crippen LogP contribution in [0.25, 0.3) is 0 Å². The molecule has 1 unspecified atom stereocenters. The zero-order valence-electron chi connectivity index (χ0n) is 12.1. The molecule has 21 heavy (non-hydrogen) atoms. The Morgan fingerprint density at radius 2 is 2.00 bits per heavy atom. The summed E-state index contributed by atoms with van der Waals surface area (Å²) in [5, 5.41) is 3.02. The van der Waals surface area contributed by atoms with E-state index in [-0.39, 0.29) is 22.6 Å². The molecule has 1 aromatic heterocycles. The molecule has 4 nitrogen and oxygen atoms in total. The van der Waals surface area contributed by atoms with Crippen LogP contribution in [0, 0.1) is 12.7 Å². The van der Waals surface area contributed by atoms with Crippen LogP contribution >= 0.6 is 0 Å². The summed E-state index contributed by atoms with van der Waals surface area (Å²) in [6, 6.07) is 7.73. The van der Waals surface area contributed by atoms with Crippen LogP contribution in [-0.2, 0) is 9.84 Å². The van der Waals surface area contributed by atoms with Gasteiger partial charge in [0.25, 0.3) is 0 Å². The van der Waals surface area contributed by atoms with Gasteiger partial charge in [-0.05, 0) is 43.2 Å². The Hall–Kier alpha value is -1.95. The zero-order valence-corrected chi connectivity index (χ0v) is 12.9. The molecule has 0 saturated heterocycles. The number of pyridine rings is 1. The molecule has 0 bridgehead atoms. The summed E-state index contributed by atoms with van der Waals surface area (Å²) in [5.74, 6) is -0.0148. The van der Waals surface area contributed by atoms with Crippen LogP contribution < -0.4 is 5.32 Å². The second kappa shape index (κ2) is 5.81. The molecular formula is C15H17FN2O2S. The van der Waals surface area contributed by atoms with Gasteiger partial charge >= 0.3 is 0 Å². The number of halogens is 1. The number of hydrogen-bond donors (Lipinski definition) is 1. The Balaban J connectivity index is 2.32. The summed E-state index contributed by atoms with van der Waals surface area (Å²) in [5.41, 5.74) is 1.30. The van der Waals surface area contributed by atoms with Gasteiger partial charge in [-0.25, -0.2) is 17.8 Å². The van der Waals surface area contributed by atoms with Crippen molar-refractivity contribution in [2.45, 2.75) is 24.8 Å². The van der Waals surface area contributed by atoms with Crippen LogP contribution in [-0.4, -0.2) is 19.7 Å². The van der Waals surface area contributed by atoms with Gasteiger partial charge in [0.15, 0.2) is 9.84 Å². The lowest BCUT2D eigenvalue weighted by atomic mass is 10.1. The van der Waals surface area contributed by atoms with Crippen molar-refractivity contribution in [1.82, 2.24) is 4.98 Å². The molecule has 6 heteroatoms. The van der Waals surface area contributed by atoms with Gasteiger partial charge in [0.2, 0.25) is 0 Å². The van der Waals surface area contributed by atoms with Crippen molar-refractivity contribution in [3.05, 3.63) is 53.5 Å². The third kappa shape index (κ3) is 3.58. The van der Waals surface area contributed by atoms with Crippen molar-refractivity contribution in [3.8, 4) is 0 Å². The van der Waals surface area contributed by atoms with E-state index < -0.39 is 9.84 Å². The molecule has 0 aliphatic heterocycles. The maximum atomic E-state index is 13.6. The maximum absolute atomic E-state index is 13.6. The number of nitrogens with zero attached hydrogens (tertiary/aromatic N) is 1. The Morgan fingerprint density at radius 1 is 1.29 bits per heavy atom. The second-order valence-electron chi connectivity index (χ2n) is 5.00. The lowest BCUT2D eigenvalue weighted by Crippen LogP contribution is -2.12. The molecule has 2 rings (SSSR count). The van der Waals surface area contributed by atoms with Crippen molar-refractivity contribution < 1.29 is 12.8 Å². The largest absolute Gasteiger partial charge is 0.362 e. The van der Waals surface area contributed by atoms with E-state index in [9.17, 15) is 12.8 Å². The highest BCUT2D eigenvalue weighted by molar-refractivity contribution is 7.90. The molecule has 112 valence electrons. The number of aromatic nitrogens is 1. The summed E-state index contributed by atoms with van der Waals surface area (Å²) < 4.78 is 37.1. The van der Waals surface area contributed by atoms with E-state index in [1.807, 2.05) is 6.92 Å². The molecule has 1 atom stereocenters. The third-order valence-corrected chi connectivity index (χ3v) is 4.35. The minimum absolute atomic E-state index is 0.129. The Labute approximate surface area is 124 Å². The number of anilines is 1. The van der Waals surface area contributed by atoms with Crippen molar-refractivity contribution in [1.29, 1.82) is 0 Å². The molecule has 0 aliphatic rings. The summed E-state index contributed by atoms with van der Waals surface area (Å²) in [6.07, 6.45) is 2.64. The summed E-state index contributed by atoms with van der Waals surface area (Å²) in [4.78, 5) is 4.20. The standard InChI is InChI=1S/C15H17FN2O2S/c1-10-6-7-12(9-13(10)16)11(2)18-15-14(21(3,19)20)5-4-8-17-15/h4-9,11H,1-3H3,(H,17,18). The minimum atomic E-state index is -3.38. The highest BCUT2D eigenvalue weighted by Crippen LogP contribution is 2.24. The number of sulfone groups is 1. The molecular weight excluding hydrogens is 291 g/mol. The third-order valence-electron chi connectivity index (χ3n) is 3.22. The Kier molecular flexibility index (Phi) is 4.27. The number of benzene rings is 1. The fraction of sp³-hybridized carbons (Fsp3) is 0.267. The van der Waals surface area contributed by atoms with Crippen molar-refractivity contribution >= 4 is 15.7 Å². The van der Waals surface area contributed by atoms with E-state index in [0.29, 0.717) is 5.56 Å². The average Bonchev–Trinajstić information content (AvgIpc) is 2.41. The lowest BCUT2D eigenvalue weighted by molar-refractivity contribution is 0.601. The first-order valence-electron chi connectivity index (χ1n) is 6.46. The first-order valence-corrected chi connectivity index (χ1v) is 8.36. The van der Waals surface area contributed by atoms with Gasteiger partial charge in [0, 0.05) is 12.5 Å². The monoisotopic (exact) mass is 308 g/mol. The summed E-state index contributed by atoms with van der Waals surface area (Å²) in [7, 11) is -3.38. The Morgan fingerprint density at radius 3 is 2.62 bits per heavy atom. The topological polar surface area (TPSA) is 59.1 Å². The van der Waals surface area contributed by atoms with E-state index in [1.165, 1.54) is 18.3 Å². The molecule has 0 spiro atoms. The molecule has 0 aliphatic carbocycles. The van der Waals surface area contributed by atoms with E-state index in [1.54, 1.807) is 25.1 Å². The van der Waals surface area contributed by atoms with E-state index in [0.717, 1.165) is 11.8 Å². The van der Waals surface area contributed by atoms with E-state index >= 15 is 0 Å². The van der Waals surface area contributed by atoms with Gasteiger partial charge in [0.05, 0.1) is 6.04 Å². The number of aryl methyl sites for hydroxylation is 1. The molecule has 2 aromatic rings. The van der Waals surface area contributed by atoms with Crippen molar-refractivity contribution in [3.63, 3.8) is 0 Å². The zero-order chi connectivity index (χ0) is 15.6. The molecule has 0 radical (unpaired) electrons. The molecule has 0 fully saturated rings. The highest BCUT2D eigenvalue weighted by atomic mass is 32.2. The van der Waals surface area contributed by atoms with Crippen LogP contribution in [0.4, 0.5) is 10.2 Å². The van der Waals surface area contributed by atoms with Crippen molar-refractivity contribution in [2.75, 3.05) is 11.6 Å². The molecule has 0 amide bonds. The molecule has 1 N–H and O–H groups in total. The van der Waals surface area contributed by atoms with Crippen LogP contribution in [0.5, 0.6) is 0 Å². The van der Waals surface area contributed by atoms with Gasteiger partial charge in [-0.2, -0.15) is 0 Å². The van der Waals surface area contributed by atoms with Gasteiger partial charge < -0.3 is 5.32 Å². The normalized spacial score (nSPS) is 13.0. The summed E-state index contributed by atoms with van der Waals surface area (Å²) in [6.45, 7) is 3.52. The van der Waals surface area contributed by atoms with Crippen molar-refractivity contribution in [2.24, 2.45) is 0 Å². The molecule has 0 saturated carbocycles. The Bertz CT molecular complexity index is 760. The minimum Gasteiger partial charge on any atom is -0.362 e. The van der Waals surface area contributed by atoms with Gasteiger partial charge in [0.1, 0.15) is 16.5 Å². The van der Waals surface area contributed by atoms with Crippen LogP contribution in [0.1, 0.15) is 24.1 Å². The maximum Gasteiger partial charge on any atom is 0.179 e. The summed E-state index contributed by atoms with van der Waals surface area (Å²) >= 11 is 0. The van der Waals surface area contributed by atoms with E-state index in [4.69, 9.17) is 0 Å². The molecule has 1 heterocycles. The first kappa shape index (κ1) is 15.4. The van der Waals surface area contributed by atoms with Gasteiger partial charge in [-0.15, -0.1) is 0 Å². The van der Waals surface area contributed by atoms with Crippen LogP contribution in [0.2, 0.25) is 0 Å². The predicted molar refractivity (Wildman–Crippen MR) is 80.5 cm³/mol. The molecule has 1 aromatic carbocycles. The smallest absolute Gasteiger partial charge is 0.179 e. The van der Waals surface area contributed by atoms with Crippen LogP contribution in [0.15, 0.2) is 41.4 Å². The average molecular weight is 308 g/mol. The first-order chi connectivity index (χ1) is 9.79. The van der Waals surface area contributed by atoms with Crippen LogP contribution in [0.3, 0.4) is 0 Å². The van der Waals surface area contributed by atoms with Gasteiger partial charge in [-0.1, -0.05) is 12.1 Å². The predicted octanol–water partition coefficient (Wildman–Crippen LogP) is 3.11. The fourth-order valence-electron chi connectivity index (χ4n) is 1.97. The quantitative estimate of drug-likeness (QED) is 0.943. The number of hydrogen-bond acceptors (Lipinski definition) is 4. The fourth-order valence-corrected chi connectivity index (χ4v) is 2.75. The highest BCUT2D eigenvalue weighted by Gasteiger charge is 2.16. The number of rotatable bonds is 4.